The molecule has 2 aliphatic rings. The maximum absolute atomic E-state index is 13.2. The molecule has 0 saturated carbocycles. The molecule has 1 unspecified atom stereocenters. The summed E-state index contributed by atoms with van der Waals surface area (Å²) in [5.74, 6) is 0.0940. The van der Waals surface area contributed by atoms with Crippen LogP contribution in [0.15, 0.2) is 59.5 Å². The molecule has 0 radical (unpaired) electrons. The second-order valence-corrected chi connectivity index (χ2v) is 9.59. The van der Waals surface area contributed by atoms with Crippen molar-refractivity contribution >= 4 is 21.6 Å². The lowest BCUT2D eigenvalue weighted by Crippen LogP contribution is -2.56. The molecule has 2 heterocycles. The number of fused-ring (bicyclic) bond motifs is 1. The van der Waals surface area contributed by atoms with Crippen molar-refractivity contribution in [1.29, 1.82) is 0 Å². The lowest BCUT2D eigenvalue weighted by atomic mass is 10.0. The second-order valence-electron chi connectivity index (χ2n) is 7.65. The summed E-state index contributed by atoms with van der Waals surface area (Å²) in [6, 6.07) is 16.4. The molecular weight excluding hydrogens is 386 g/mol. The number of para-hydroxylation sites is 1. The first-order valence-corrected chi connectivity index (χ1v) is 11.6. The topological polar surface area (TPSA) is 60.9 Å². The number of hydrogen-bond acceptors (Lipinski definition) is 4. The normalized spacial score (nSPS) is 19.6. The molecule has 6 nitrogen and oxygen atoms in total. The number of aryl methyl sites for hydroxylation is 1. The molecule has 1 atom stereocenters. The molecule has 7 heteroatoms. The number of carbonyl (C=O) groups excluding carboxylic acids is 1. The maximum atomic E-state index is 13.2. The van der Waals surface area contributed by atoms with Gasteiger partial charge in [-0.15, -0.1) is 0 Å². The van der Waals surface area contributed by atoms with Crippen LogP contribution in [0.25, 0.3) is 0 Å². The maximum Gasteiger partial charge on any atom is 0.244 e. The Hall–Kier alpha value is -2.22. The first-order chi connectivity index (χ1) is 14.0. The first-order valence-electron chi connectivity index (χ1n) is 10.2. The summed E-state index contributed by atoms with van der Waals surface area (Å²) < 4.78 is 27.1. The largest absolute Gasteiger partial charge is 0.311 e. The minimum Gasteiger partial charge on any atom is -0.311 e. The molecule has 2 aliphatic heterocycles. The fraction of sp³-hybridized carbons (Fsp3) is 0.409. The van der Waals surface area contributed by atoms with E-state index in [0.29, 0.717) is 31.1 Å². The molecule has 0 aliphatic carbocycles. The lowest BCUT2D eigenvalue weighted by Gasteiger charge is -2.39. The summed E-state index contributed by atoms with van der Waals surface area (Å²) in [5, 5.41) is 0. The van der Waals surface area contributed by atoms with Crippen LogP contribution in [0.5, 0.6) is 0 Å². The van der Waals surface area contributed by atoms with Gasteiger partial charge in [-0.3, -0.25) is 9.69 Å². The fourth-order valence-corrected chi connectivity index (χ4v) is 5.66. The Balaban J connectivity index is 1.42. The molecule has 1 amide bonds. The van der Waals surface area contributed by atoms with Crippen molar-refractivity contribution in [2.45, 2.75) is 30.7 Å². The van der Waals surface area contributed by atoms with Crippen LogP contribution in [-0.2, 0) is 21.2 Å². The van der Waals surface area contributed by atoms with Gasteiger partial charge in [0.05, 0.1) is 10.9 Å². The number of piperazine rings is 1. The van der Waals surface area contributed by atoms with Crippen LogP contribution in [0.3, 0.4) is 0 Å². The third-order valence-electron chi connectivity index (χ3n) is 5.94. The minimum absolute atomic E-state index is 0.0940. The highest BCUT2D eigenvalue weighted by Gasteiger charge is 2.34. The molecule has 2 aromatic carbocycles. The molecule has 154 valence electrons. The molecule has 0 N–H and O–H groups in total. The van der Waals surface area contributed by atoms with E-state index in [-0.39, 0.29) is 11.9 Å². The van der Waals surface area contributed by atoms with Crippen LogP contribution in [0, 0.1) is 0 Å². The predicted octanol–water partition coefficient (Wildman–Crippen LogP) is 2.36. The van der Waals surface area contributed by atoms with Gasteiger partial charge in [-0.25, -0.2) is 8.42 Å². The van der Waals surface area contributed by atoms with Gasteiger partial charge in [0.25, 0.3) is 0 Å². The van der Waals surface area contributed by atoms with Gasteiger partial charge < -0.3 is 4.90 Å². The third-order valence-corrected chi connectivity index (χ3v) is 7.85. The van der Waals surface area contributed by atoms with E-state index < -0.39 is 10.0 Å². The molecule has 4 rings (SSSR count). The predicted molar refractivity (Wildman–Crippen MR) is 113 cm³/mol. The van der Waals surface area contributed by atoms with E-state index in [9.17, 15) is 13.2 Å². The Morgan fingerprint density at radius 1 is 0.897 bits per heavy atom. The van der Waals surface area contributed by atoms with Crippen LogP contribution in [0.4, 0.5) is 5.69 Å². The Labute approximate surface area is 172 Å². The van der Waals surface area contributed by atoms with E-state index in [1.807, 2.05) is 36.1 Å². The van der Waals surface area contributed by atoms with Crippen molar-refractivity contribution in [2.75, 3.05) is 37.6 Å². The Bertz CT molecular complexity index is 970. The number of amides is 1. The highest BCUT2D eigenvalue weighted by molar-refractivity contribution is 7.89. The molecule has 0 spiro atoms. The number of nitrogens with zero attached hydrogens (tertiary/aromatic N) is 3. The van der Waals surface area contributed by atoms with Gasteiger partial charge in [-0.05, 0) is 43.5 Å². The number of rotatable bonds is 4. The van der Waals surface area contributed by atoms with Crippen molar-refractivity contribution in [2.24, 2.45) is 0 Å². The van der Waals surface area contributed by atoms with Crippen molar-refractivity contribution < 1.29 is 13.2 Å². The zero-order valence-corrected chi connectivity index (χ0v) is 17.5. The van der Waals surface area contributed by atoms with Crippen molar-refractivity contribution in [1.82, 2.24) is 9.21 Å². The number of sulfonamides is 1. The SMILES string of the molecule is CC(C(=O)N1CCCc2ccccc21)N1CCN(S(=O)(=O)c2ccccc2)CC1. The smallest absolute Gasteiger partial charge is 0.244 e. The summed E-state index contributed by atoms with van der Waals surface area (Å²) in [5.41, 5.74) is 2.24. The molecule has 1 saturated heterocycles. The second kappa shape index (κ2) is 8.26. The molecule has 0 bridgehead atoms. The Morgan fingerprint density at radius 2 is 1.55 bits per heavy atom. The number of anilines is 1. The van der Waals surface area contributed by atoms with Crippen LogP contribution < -0.4 is 4.90 Å². The number of hydrogen-bond donors (Lipinski definition) is 0. The fourth-order valence-electron chi connectivity index (χ4n) is 4.22. The summed E-state index contributed by atoms with van der Waals surface area (Å²) in [4.78, 5) is 17.5. The zero-order chi connectivity index (χ0) is 20.4. The summed E-state index contributed by atoms with van der Waals surface area (Å²) in [6.07, 6.45) is 1.98. The highest BCUT2D eigenvalue weighted by Crippen LogP contribution is 2.28. The van der Waals surface area contributed by atoms with E-state index >= 15 is 0 Å². The van der Waals surface area contributed by atoms with Gasteiger partial charge in [-0.2, -0.15) is 4.31 Å². The van der Waals surface area contributed by atoms with Gasteiger partial charge >= 0.3 is 0 Å². The van der Waals surface area contributed by atoms with Crippen LogP contribution >= 0.6 is 0 Å². The molecule has 0 aromatic heterocycles. The van der Waals surface area contributed by atoms with Gasteiger partial charge in [0, 0.05) is 38.4 Å². The van der Waals surface area contributed by atoms with E-state index in [2.05, 4.69) is 11.0 Å². The summed E-state index contributed by atoms with van der Waals surface area (Å²) in [7, 11) is -3.48. The van der Waals surface area contributed by atoms with E-state index in [4.69, 9.17) is 0 Å². The lowest BCUT2D eigenvalue weighted by molar-refractivity contribution is -0.123. The van der Waals surface area contributed by atoms with Crippen molar-refractivity contribution in [3.8, 4) is 0 Å². The molecular formula is C22H27N3O3S. The van der Waals surface area contributed by atoms with Crippen LogP contribution in [0.2, 0.25) is 0 Å². The highest BCUT2D eigenvalue weighted by atomic mass is 32.2. The van der Waals surface area contributed by atoms with Gasteiger partial charge in [-0.1, -0.05) is 36.4 Å². The summed E-state index contributed by atoms with van der Waals surface area (Å²) >= 11 is 0. The van der Waals surface area contributed by atoms with Crippen LogP contribution in [0.1, 0.15) is 18.9 Å². The standard InChI is InChI=1S/C22H27N3O3S/c1-18(22(26)25-13-7-9-19-8-5-6-12-21(19)25)23-14-16-24(17-15-23)29(27,28)20-10-3-2-4-11-20/h2-6,8,10-12,18H,7,9,13-17H2,1H3. The van der Waals surface area contributed by atoms with Gasteiger partial charge in [0.2, 0.25) is 15.9 Å². The van der Waals surface area contributed by atoms with Crippen LogP contribution in [-0.4, -0.2) is 62.3 Å². The van der Waals surface area contributed by atoms with Crippen molar-refractivity contribution in [3.05, 3.63) is 60.2 Å². The third kappa shape index (κ3) is 3.95. The average molecular weight is 414 g/mol. The number of benzene rings is 2. The Kier molecular flexibility index (Phi) is 5.72. The quantitative estimate of drug-likeness (QED) is 0.772. The number of carbonyl (C=O) groups is 1. The average Bonchev–Trinajstić information content (AvgIpc) is 2.78. The van der Waals surface area contributed by atoms with E-state index in [1.54, 1.807) is 24.3 Å². The monoisotopic (exact) mass is 413 g/mol. The first kappa shape index (κ1) is 20.1. The molecule has 2 aromatic rings. The van der Waals surface area contributed by atoms with Gasteiger partial charge in [0.1, 0.15) is 0 Å². The molecule has 1 fully saturated rings. The van der Waals surface area contributed by atoms with E-state index in [0.717, 1.165) is 25.1 Å². The van der Waals surface area contributed by atoms with Gasteiger partial charge in [0.15, 0.2) is 0 Å². The Morgan fingerprint density at radius 3 is 2.28 bits per heavy atom. The van der Waals surface area contributed by atoms with E-state index in [1.165, 1.54) is 9.87 Å². The van der Waals surface area contributed by atoms with Crippen molar-refractivity contribution in [3.63, 3.8) is 0 Å². The summed E-state index contributed by atoms with van der Waals surface area (Å²) in [6.45, 7) is 4.56. The zero-order valence-electron chi connectivity index (χ0n) is 16.7. The molecule has 29 heavy (non-hydrogen) atoms. The minimum atomic E-state index is -3.48.